The van der Waals surface area contributed by atoms with Crippen LogP contribution in [-0.4, -0.2) is 101 Å². The van der Waals surface area contributed by atoms with Crippen molar-refractivity contribution in [3.05, 3.63) is 33.1 Å². The molecule has 0 radical (unpaired) electrons. The lowest BCUT2D eigenvalue weighted by atomic mass is 10.1. The fourth-order valence-electron chi connectivity index (χ4n) is 3.07. The van der Waals surface area contributed by atoms with Gasteiger partial charge in [-0.3, -0.25) is 23.4 Å². The largest absolute Gasteiger partial charge is 0.483 e. The number of hydrogen-bond donors (Lipinski definition) is 8. The van der Waals surface area contributed by atoms with Gasteiger partial charge in [-0.2, -0.15) is 4.31 Å². The highest BCUT2D eigenvalue weighted by molar-refractivity contribution is 7.61. The third-order valence-corrected chi connectivity index (χ3v) is 7.36. The highest BCUT2D eigenvalue weighted by atomic mass is 31.3. The molecule has 3 rings (SSSR count). The number of phosphoric acid groups is 2. The van der Waals surface area contributed by atoms with Crippen LogP contribution < -0.4 is 11.2 Å². The predicted molar refractivity (Wildman–Crippen MR) is 103 cm³/mol. The fraction of sp³-hybridized carbons (Fsp3) is 0.714. The van der Waals surface area contributed by atoms with Gasteiger partial charge in [0.2, 0.25) is 0 Å². The molecule has 2 saturated heterocycles. The van der Waals surface area contributed by atoms with E-state index in [9.17, 15) is 54.0 Å². The Balaban J connectivity index is 1.59. The van der Waals surface area contributed by atoms with Gasteiger partial charge in [0.15, 0.2) is 12.5 Å². The molecule has 8 N–H and O–H groups in total. The van der Waals surface area contributed by atoms with Gasteiger partial charge in [0.1, 0.15) is 36.6 Å². The van der Waals surface area contributed by atoms with E-state index in [1.54, 1.807) is 0 Å². The number of ether oxygens (including phenoxy) is 2. The minimum Gasteiger partial charge on any atom is -0.388 e. The second-order valence-corrected chi connectivity index (χ2v) is 10.2. The number of nitrogens with one attached hydrogen (secondary N) is 1. The molecule has 2 fully saturated rings. The van der Waals surface area contributed by atoms with Crippen molar-refractivity contribution in [3.63, 3.8) is 0 Å². The Kier molecular flexibility index (Phi) is 8.28. The SMILES string of the molecule is O=c1ccn(C2OC(COP(=O)(O)OP(=O)(O)O[C@H]3OC[C@H](O)C(O)C3O)C(O)C2O)c(=O)[nH]1. The normalized spacial score (nSPS) is 37.7. The number of H-pyrrole nitrogens is 1. The Labute approximate surface area is 188 Å². The number of aromatic nitrogens is 2. The number of aliphatic hydroxyl groups is 5. The molecule has 34 heavy (non-hydrogen) atoms. The van der Waals surface area contributed by atoms with Crippen LogP contribution in [0, 0.1) is 0 Å². The number of nitrogens with zero attached hydrogens (tertiary/aromatic N) is 1. The van der Waals surface area contributed by atoms with Gasteiger partial charge in [-0.1, -0.05) is 0 Å². The van der Waals surface area contributed by atoms with Crippen LogP contribution in [0.15, 0.2) is 21.9 Å². The zero-order chi connectivity index (χ0) is 25.4. The lowest BCUT2D eigenvalue weighted by Crippen LogP contribution is -2.53. The maximum atomic E-state index is 12.1. The first-order valence-electron chi connectivity index (χ1n) is 9.39. The minimum atomic E-state index is -5.47. The van der Waals surface area contributed by atoms with Crippen molar-refractivity contribution in [2.45, 2.75) is 49.1 Å². The van der Waals surface area contributed by atoms with Crippen molar-refractivity contribution in [1.82, 2.24) is 9.55 Å². The Hall–Kier alpha value is -1.34. The van der Waals surface area contributed by atoms with Gasteiger partial charge in [-0.15, -0.1) is 0 Å². The van der Waals surface area contributed by atoms with Crippen molar-refractivity contribution >= 4 is 15.6 Å². The van der Waals surface area contributed by atoms with Crippen molar-refractivity contribution in [3.8, 4) is 0 Å². The molecule has 0 saturated carbocycles. The standard InChI is InChI=1S/C14H22N2O16P2/c17-5-3-28-13(11(22)8(5)19)31-34(26,27)32-33(24,25)29-4-6-9(20)10(21)12(30-6)16-2-1-7(18)15-14(16)23/h1-2,5-6,8-13,17,19-22H,3-4H2,(H,24,25)(H,26,27)(H,15,18,23)/t5-,6?,8?,9?,10?,11?,12?,13+/m0/s1. The van der Waals surface area contributed by atoms with Gasteiger partial charge in [0, 0.05) is 12.3 Å². The monoisotopic (exact) mass is 536 g/mol. The van der Waals surface area contributed by atoms with E-state index in [-0.39, 0.29) is 0 Å². The lowest BCUT2D eigenvalue weighted by Gasteiger charge is -2.35. The van der Waals surface area contributed by atoms with Gasteiger partial charge in [0.05, 0.1) is 13.2 Å². The number of hydrogen-bond acceptors (Lipinski definition) is 14. The Morgan fingerprint density at radius 1 is 1.03 bits per heavy atom. The molecule has 2 aliphatic rings. The quantitative estimate of drug-likeness (QED) is 0.146. The van der Waals surface area contributed by atoms with Crippen molar-refractivity contribution in [1.29, 1.82) is 0 Å². The van der Waals surface area contributed by atoms with Gasteiger partial charge in [0.25, 0.3) is 5.56 Å². The van der Waals surface area contributed by atoms with Gasteiger partial charge < -0.3 is 44.8 Å². The van der Waals surface area contributed by atoms with Crippen molar-refractivity contribution in [2.24, 2.45) is 0 Å². The van der Waals surface area contributed by atoms with Crippen LogP contribution in [0.2, 0.25) is 0 Å². The fourth-order valence-corrected chi connectivity index (χ4v) is 5.24. The summed E-state index contributed by atoms with van der Waals surface area (Å²) in [6.07, 6.45) is -13.0. The molecule has 0 spiro atoms. The van der Waals surface area contributed by atoms with Crippen LogP contribution in [0.4, 0.5) is 0 Å². The van der Waals surface area contributed by atoms with Crippen LogP contribution in [-0.2, 0) is 32.0 Å². The highest BCUT2D eigenvalue weighted by Crippen LogP contribution is 2.61. The summed E-state index contributed by atoms with van der Waals surface area (Å²) in [5.74, 6) is 0. The van der Waals surface area contributed by atoms with E-state index in [0.29, 0.717) is 0 Å². The highest BCUT2D eigenvalue weighted by Gasteiger charge is 2.47. The number of rotatable bonds is 8. The van der Waals surface area contributed by atoms with E-state index in [1.165, 1.54) is 0 Å². The summed E-state index contributed by atoms with van der Waals surface area (Å²) in [6, 6.07) is 0.939. The van der Waals surface area contributed by atoms with Gasteiger partial charge >= 0.3 is 21.3 Å². The van der Waals surface area contributed by atoms with Crippen LogP contribution >= 0.6 is 15.6 Å². The van der Waals surface area contributed by atoms with E-state index >= 15 is 0 Å². The molecule has 2 aliphatic heterocycles. The topological polar surface area (TPSA) is 277 Å². The second kappa shape index (κ2) is 10.3. The number of phosphoric ester groups is 2. The Morgan fingerprint density at radius 2 is 1.71 bits per heavy atom. The van der Waals surface area contributed by atoms with Crippen LogP contribution in [0.3, 0.4) is 0 Å². The third-order valence-electron chi connectivity index (χ3n) is 4.76. The first-order valence-corrected chi connectivity index (χ1v) is 12.4. The molecule has 1 aromatic rings. The van der Waals surface area contributed by atoms with Gasteiger partial charge in [-0.25, -0.2) is 13.9 Å². The van der Waals surface area contributed by atoms with Crippen LogP contribution in [0.1, 0.15) is 6.23 Å². The number of aliphatic hydroxyl groups excluding tert-OH is 5. The lowest BCUT2D eigenvalue weighted by molar-refractivity contribution is -0.245. The maximum absolute atomic E-state index is 12.1. The van der Waals surface area contributed by atoms with Crippen LogP contribution in [0.5, 0.6) is 0 Å². The summed E-state index contributed by atoms with van der Waals surface area (Å²) in [7, 11) is -10.9. The third kappa shape index (κ3) is 6.26. The summed E-state index contributed by atoms with van der Waals surface area (Å²) in [6.45, 7) is -1.59. The summed E-state index contributed by atoms with van der Waals surface area (Å²) in [5, 5.41) is 48.8. The van der Waals surface area contributed by atoms with E-state index in [0.717, 1.165) is 16.8 Å². The molecule has 0 aromatic carbocycles. The number of aromatic amines is 1. The van der Waals surface area contributed by atoms with Crippen LogP contribution in [0.25, 0.3) is 0 Å². The van der Waals surface area contributed by atoms with Crippen molar-refractivity contribution < 1.29 is 67.3 Å². The predicted octanol–water partition coefficient (Wildman–Crippen LogP) is -4.15. The maximum Gasteiger partial charge on any atom is 0.483 e. The first kappa shape index (κ1) is 27.3. The van der Waals surface area contributed by atoms with E-state index in [2.05, 4.69) is 13.4 Å². The van der Waals surface area contributed by atoms with E-state index in [4.69, 9.17) is 9.47 Å². The Bertz CT molecular complexity index is 1080. The molecule has 18 nitrogen and oxygen atoms in total. The molecule has 3 heterocycles. The molecule has 20 heteroatoms. The summed E-state index contributed by atoms with van der Waals surface area (Å²) in [4.78, 5) is 44.3. The summed E-state index contributed by atoms with van der Waals surface area (Å²) >= 11 is 0. The smallest absolute Gasteiger partial charge is 0.388 e. The minimum absolute atomic E-state index is 0.602. The Morgan fingerprint density at radius 3 is 2.35 bits per heavy atom. The molecule has 0 bridgehead atoms. The van der Waals surface area contributed by atoms with E-state index < -0.39 is 89.2 Å². The molecule has 0 amide bonds. The zero-order valence-corrected chi connectivity index (χ0v) is 18.6. The average molecular weight is 536 g/mol. The molecular weight excluding hydrogens is 514 g/mol. The first-order chi connectivity index (χ1) is 15.7. The molecular formula is C14H22N2O16P2. The van der Waals surface area contributed by atoms with Gasteiger partial charge in [-0.05, 0) is 0 Å². The van der Waals surface area contributed by atoms with Crippen molar-refractivity contribution in [2.75, 3.05) is 13.2 Å². The summed E-state index contributed by atoms with van der Waals surface area (Å²) < 4.78 is 47.7. The molecule has 0 aliphatic carbocycles. The molecule has 10 atom stereocenters. The second-order valence-electron chi connectivity index (χ2n) is 7.23. The molecule has 194 valence electrons. The average Bonchev–Trinajstić information content (AvgIpc) is 3.00. The zero-order valence-electron chi connectivity index (χ0n) is 16.8. The molecule has 1 aromatic heterocycles. The van der Waals surface area contributed by atoms with E-state index in [1.807, 2.05) is 4.98 Å². The molecule has 8 unspecified atom stereocenters. The summed E-state index contributed by atoms with van der Waals surface area (Å²) in [5.41, 5.74) is -1.72.